The summed E-state index contributed by atoms with van der Waals surface area (Å²) in [5.41, 5.74) is 4.35. The van der Waals surface area contributed by atoms with Crippen LogP contribution in [0.5, 0.6) is 0 Å². The highest BCUT2D eigenvalue weighted by Gasteiger charge is 2.01. The monoisotopic (exact) mass is 259 g/mol. The molecule has 0 spiro atoms. The van der Waals surface area contributed by atoms with Crippen LogP contribution < -0.4 is 0 Å². The van der Waals surface area contributed by atoms with E-state index in [-0.39, 0.29) is 0 Å². The molecule has 96 valence electrons. The van der Waals surface area contributed by atoms with E-state index in [0.717, 1.165) is 16.7 Å². The van der Waals surface area contributed by atoms with Gasteiger partial charge in [-0.25, -0.2) is 9.67 Å². The molecule has 0 saturated heterocycles. The molecule has 1 aromatic heterocycles. The zero-order chi connectivity index (χ0) is 13.8. The maximum atomic E-state index is 5.45. The Kier molecular flexibility index (Phi) is 3.30. The van der Waals surface area contributed by atoms with E-state index in [2.05, 4.69) is 40.3 Å². The molecule has 2 aromatic carbocycles. The van der Waals surface area contributed by atoms with Gasteiger partial charge in [-0.15, -0.1) is 6.42 Å². The second-order valence-corrected chi connectivity index (χ2v) is 4.52. The number of aromatic nitrogens is 3. The lowest BCUT2D eigenvalue weighted by molar-refractivity contribution is 0.685. The van der Waals surface area contributed by atoms with Crippen LogP contribution in [-0.4, -0.2) is 14.8 Å². The Labute approximate surface area is 117 Å². The van der Waals surface area contributed by atoms with E-state index in [1.165, 1.54) is 5.56 Å². The maximum absolute atomic E-state index is 5.45. The minimum atomic E-state index is 0.711. The minimum absolute atomic E-state index is 0.711. The highest BCUT2D eigenvalue weighted by atomic mass is 15.3. The van der Waals surface area contributed by atoms with Crippen molar-refractivity contribution in [1.82, 2.24) is 14.8 Å². The van der Waals surface area contributed by atoms with E-state index in [1.54, 1.807) is 17.3 Å². The van der Waals surface area contributed by atoms with Crippen molar-refractivity contribution in [1.29, 1.82) is 0 Å². The van der Waals surface area contributed by atoms with Gasteiger partial charge in [0.05, 0.1) is 6.54 Å². The SMILES string of the molecule is C#Cc1cccc(-c2cccc(Cn3cncn3)c2)c1. The molecule has 0 aliphatic rings. The summed E-state index contributed by atoms with van der Waals surface area (Å²) in [6.07, 6.45) is 8.70. The van der Waals surface area contributed by atoms with Crippen LogP contribution in [0.1, 0.15) is 11.1 Å². The Bertz CT molecular complexity index is 752. The lowest BCUT2D eigenvalue weighted by Gasteiger charge is -2.06. The van der Waals surface area contributed by atoms with Gasteiger partial charge in [0.2, 0.25) is 0 Å². The summed E-state index contributed by atoms with van der Waals surface area (Å²) in [5, 5.41) is 4.12. The predicted molar refractivity (Wildman–Crippen MR) is 78.9 cm³/mol. The maximum Gasteiger partial charge on any atom is 0.137 e. The van der Waals surface area contributed by atoms with Crippen LogP contribution in [-0.2, 0) is 6.54 Å². The largest absolute Gasteiger partial charge is 0.249 e. The quantitative estimate of drug-likeness (QED) is 0.677. The normalized spacial score (nSPS) is 10.2. The zero-order valence-corrected chi connectivity index (χ0v) is 10.9. The van der Waals surface area contributed by atoms with Crippen LogP contribution in [0.2, 0.25) is 0 Å². The molecule has 0 fully saturated rings. The highest BCUT2D eigenvalue weighted by molar-refractivity contribution is 5.66. The summed E-state index contributed by atoms with van der Waals surface area (Å²) >= 11 is 0. The van der Waals surface area contributed by atoms with Crippen molar-refractivity contribution in [3.05, 3.63) is 72.3 Å². The average molecular weight is 259 g/mol. The average Bonchev–Trinajstić information content (AvgIpc) is 3.00. The van der Waals surface area contributed by atoms with E-state index in [4.69, 9.17) is 6.42 Å². The Hall–Kier alpha value is -2.86. The molecule has 0 atom stereocenters. The second-order valence-electron chi connectivity index (χ2n) is 4.52. The minimum Gasteiger partial charge on any atom is -0.249 e. The first kappa shape index (κ1) is 12.2. The van der Waals surface area contributed by atoms with Crippen molar-refractivity contribution in [2.24, 2.45) is 0 Å². The van der Waals surface area contributed by atoms with Gasteiger partial charge in [0.25, 0.3) is 0 Å². The van der Waals surface area contributed by atoms with E-state index >= 15 is 0 Å². The first-order chi connectivity index (χ1) is 9.85. The molecule has 1 heterocycles. The molecule has 3 heteroatoms. The molecule has 0 unspecified atom stereocenters. The van der Waals surface area contributed by atoms with Gasteiger partial charge in [-0.1, -0.05) is 36.3 Å². The lowest BCUT2D eigenvalue weighted by Crippen LogP contribution is -1.99. The topological polar surface area (TPSA) is 30.7 Å². The molecule has 3 rings (SSSR count). The van der Waals surface area contributed by atoms with Gasteiger partial charge in [0, 0.05) is 5.56 Å². The summed E-state index contributed by atoms with van der Waals surface area (Å²) in [6, 6.07) is 16.4. The van der Waals surface area contributed by atoms with Gasteiger partial charge in [-0.05, 0) is 34.9 Å². The Morgan fingerprint density at radius 1 is 1.05 bits per heavy atom. The van der Waals surface area contributed by atoms with E-state index in [1.807, 2.05) is 24.3 Å². The number of benzene rings is 2. The van der Waals surface area contributed by atoms with Crippen molar-refractivity contribution in [3.63, 3.8) is 0 Å². The molecule has 0 bridgehead atoms. The number of hydrogen-bond donors (Lipinski definition) is 0. The third-order valence-corrected chi connectivity index (χ3v) is 3.10. The first-order valence-corrected chi connectivity index (χ1v) is 6.33. The van der Waals surface area contributed by atoms with Crippen molar-refractivity contribution in [2.45, 2.75) is 6.54 Å². The summed E-state index contributed by atoms with van der Waals surface area (Å²) < 4.78 is 1.80. The van der Waals surface area contributed by atoms with Gasteiger partial charge < -0.3 is 0 Å². The van der Waals surface area contributed by atoms with E-state index < -0.39 is 0 Å². The van der Waals surface area contributed by atoms with Gasteiger partial charge in [0.15, 0.2) is 0 Å². The Morgan fingerprint density at radius 2 is 1.85 bits per heavy atom. The van der Waals surface area contributed by atoms with Crippen molar-refractivity contribution < 1.29 is 0 Å². The van der Waals surface area contributed by atoms with Crippen LogP contribution in [0.3, 0.4) is 0 Å². The van der Waals surface area contributed by atoms with Gasteiger partial charge in [0.1, 0.15) is 12.7 Å². The second kappa shape index (κ2) is 5.41. The van der Waals surface area contributed by atoms with Crippen molar-refractivity contribution in [2.75, 3.05) is 0 Å². The summed E-state index contributed by atoms with van der Waals surface area (Å²) in [4.78, 5) is 3.95. The van der Waals surface area contributed by atoms with Gasteiger partial charge in [-0.3, -0.25) is 0 Å². The highest BCUT2D eigenvalue weighted by Crippen LogP contribution is 2.21. The van der Waals surface area contributed by atoms with Crippen LogP contribution in [0.4, 0.5) is 0 Å². The third-order valence-electron chi connectivity index (χ3n) is 3.10. The van der Waals surface area contributed by atoms with Crippen LogP contribution >= 0.6 is 0 Å². The molecule has 3 nitrogen and oxygen atoms in total. The molecule has 3 aromatic rings. The van der Waals surface area contributed by atoms with E-state index in [9.17, 15) is 0 Å². The van der Waals surface area contributed by atoms with Crippen LogP contribution in [0, 0.1) is 12.3 Å². The molecule has 20 heavy (non-hydrogen) atoms. The first-order valence-electron chi connectivity index (χ1n) is 6.33. The molecular weight excluding hydrogens is 246 g/mol. The number of rotatable bonds is 3. The smallest absolute Gasteiger partial charge is 0.137 e. The summed E-state index contributed by atoms with van der Waals surface area (Å²) in [6.45, 7) is 0.711. The van der Waals surface area contributed by atoms with E-state index in [0.29, 0.717) is 6.54 Å². The third kappa shape index (κ3) is 2.60. The Morgan fingerprint density at radius 3 is 2.60 bits per heavy atom. The lowest BCUT2D eigenvalue weighted by atomic mass is 10.0. The van der Waals surface area contributed by atoms with Crippen molar-refractivity contribution in [3.8, 4) is 23.5 Å². The van der Waals surface area contributed by atoms with Crippen LogP contribution in [0.15, 0.2) is 61.2 Å². The molecular formula is C17H13N3. The molecule has 0 amide bonds. The molecule has 0 radical (unpaired) electrons. The molecule has 0 saturated carbocycles. The standard InChI is InChI=1S/C17H13N3/c1-2-14-5-3-7-16(9-14)17-8-4-6-15(10-17)11-20-13-18-12-19-20/h1,3-10,12-13H,11H2. The zero-order valence-electron chi connectivity index (χ0n) is 10.9. The fourth-order valence-electron chi connectivity index (χ4n) is 2.14. The number of hydrogen-bond acceptors (Lipinski definition) is 2. The van der Waals surface area contributed by atoms with Gasteiger partial charge >= 0.3 is 0 Å². The fourth-order valence-corrected chi connectivity index (χ4v) is 2.14. The predicted octanol–water partition coefficient (Wildman–Crippen LogP) is 2.97. The van der Waals surface area contributed by atoms with Crippen LogP contribution in [0.25, 0.3) is 11.1 Å². The van der Waals surface area contributed by atoms with Gasteiger partial charge in [-0.2, -0.15) is 5.10 Å². The number of terminal acetylenes is 1. The van der Waals surface area contributed by atoms with Crippen molar-refractivity contribution >= 4 is 0 Å². The fraction of sp³-hybridized carbons (Fsp3) is 0.0588. The Balaban J connectivity index is 1.92. The molecule has 0 N–H and O–H groups in total. The molecule has 0 aliphatic heterocycles. The number of nitrogens with zero attached hydrogens (tertiary/aromatic N) is 3. The summed E-state index contributed by atoms with van der Waals surface area (Å²) in [5.74, 6) is 2.67. The molecule has 0 aliphatic carbocycles. The summed E-state index contributed by atoms with van der Waals surface area (Å²) in [7, 11) is 0.